The van der Waals surface area contributed by atoms with Gasteiger partial charge in [-0.3, -0.25) is 0 Å². The number of thiophene rings is 1. The van der Waals surface area contributed by atoms with Gasteiger partial charge in [0.15, 0.2) is 0 Å². The van der Waals surface area contributed by atoms with E-state index in [2.05, 4.69) is 37.5 Å². The average Bonchev–Trinajstić information content (AvgIpc) is 2.97. The van der Waals surface area contributed by atoms with Gasteiger partial charge in [0.2, 0.25) is 0 Å². The summed E-state index contributed by atoms with van der Waals surface area (Å²) >= 11 is 1.71. The molecule has 0 spiro atoms. The lowest BCUT2D eigenvalue weighted by Gasteiger charge is -2.19. The molecule has 0 saturated carbocycles. The maximum absolute atomic E-state index is 5.71. The zero-order valence-electron chi connectivity index (χ0n) is 11.7. The Kier molecular flexibility index (Phi) is 4.80. The molecule has 0 saturated heterocycles. The van der Waals surface area contributed by atoms with Crippen molar-refractivity contribution in [1.29, 1.82) is 0 Å². The summed E-state index contributed by atoms with van der Waals surface area (Å²) in [6.07, 6.45) is 0. The fourth-order valence-electron chi connectivity index (χ4n) is 1.59. The Balaban J connectivity index is 1.74. The lowest BCUT2D eigenvalue weighted by molar-refractivity contribution is 0.0937. The van der Waals surface area contributed by atoms with Crippen LogP contribution in [-0.4, -0.2) is 5.54 Å². The van der Waals surface area contributed by atoms with Crippen molar-refractivity contribution in [2.45, 2.75) is 46.1 Å². The van der Waals surface area contributed by atoms with Crippen LogP contribution in [0.3, 0.4) is 0 Å². The molecule has 0 fully saturated rings. The van der Waals surface area contributed by atoms with Crippen LogP contribution in [0.2, 0.25) is 0 Å². The molecule has 0 radical (unpaired) electrons. The quantitative estimate of drug-likeness (QED) is 0.869. The molecular weight excluding hydrogens is 258 g/mol. The maximum Gasteiger partial charge on any atom is 0.129 e. The zero-order valence-corrected chi connectivity index (χ0v) is 12.5. The van der Waals surface area contributed by atoms with Crippen LogP contribution in [0.1, 0.15) is 37.2 Å². The Bertz CT molecular complexity index is 482. The topological polar surface area (TPSA) is 34.4 Å². The van der Waals surface area contributed by atoms with Crippen LogP contribution in [0.25, 0.3) is 0 Å². The molecule has 2 aromatic rings. The van der Waals surface area contributed by atoms with E-state index in [1.54, 1.807) is 11.3 Å². The van der Waals surface area contributed by atoms with E-state index in [1.165, 1.54) is 4.88 Å². The predicted octanol–water partition coefficient (Wildman–Crippen LogP) is 3.95. The molecule has 0 aliphatic rings. The van der Waals surface area contributed by atoms with Crippen LogP contribution in [0.4, 0.5) is 0 Å². The number of hydrogen-bond acceptors (Lipinski definition) is 4. The van der Waals surface area contributed by atoms with E-state index in [4.69, 9.17) is 9.15 Å². The number of hydrogen-bond donors (Lipinski definition) is 1. The van der Waals surface area contributed by atoms with Gasteiger partial charge in [-0.2, -0.15) is 0 Å². The highest BCUT2D eigenvalue weighted by Crippen LogP contribution is 2.14. The molecule has 0 aromatic carbocycles. The monoisotopic (exact) mass is 279 g/mol. The van der Waals surface area contributed by atoms with E-state index in [0.717, 1.165) is 18.1 Å². The van der Waals surface area contributed by atoms with Crippen molar-refractivity contribution in [1.82, 2.24) is 5.32 Å². The number of rotatable bonds is 6. The van der Waals surface area contributed by atoms with Gasteiger partial charge in [-0.25, -0.2) is 0 Å². The highest BCUT2D eigenvalue weighted by Gasteiger charge is 2.10. The van der Waals surface area contributed by atoms with Crippen LogP contribution in [-0.2, 0) is 24.5 Å². The van der Waals surface area contributed by atoms with Crippen molar-refractivity contribution in [3.05, 3.63) is 46.0 Å². The Morgan fingerprint density at radius 3 is 2.63 bits per heavy atom. The van der Waals surface area contributed by atoms with Crippen molar-refractivity contribution in [2.24, 2.45) is 0 Å². The van der Waals surface area contributed by atoms with E-state index in [1.807, 2.05) is 18.2 Å². The second-order valence-corrected chi connectivity index (χ2v) is 6.58. The van der Waals surface area contributed by atoms with Crippen molar-refractivity contribution in [3.63, 3.8) is 0 Å². The molecule has 4 heteroatoms. The second kappa shape index (κ2) is 6.37. The fraction of sp³-hybridized carbons (Fsp3) is 0.467. The lowest BCUT2D eigenvalue weighted by atomic mass is 10.1. The summed E-state index contributed by atoms with van der Waals surface area (Å²) in [5, 5.41) is 5.45. The maximum atomic E-state index is 5.71. The molecule has 3 nitrogen and oxygen atoms in total. The second-order valence-electron chi connectivity index (χ2n) is 5.54. The third kappa shape index (κ3) is 5.19. The summed E-state index contributed by atoms with van der Waals surface area (Å²) in [6.45, 7) is 8.33. The Labute approximate surface area is 118 Å². The first-order valence-electron chi connectivity index (χ1n) is 6.46. The van der Waals surface area contributed by atoms with Crippen LogP contribution >= 0.6 is 11.3 Å². The van der Waals surface area contributed by atoms with E-state index < -0.39 is 0 Å². The molecule has 19 heavy (non-hydrogen) atoms. The molecule has 2 rings (SSSR count). The van der Waals surface area contributed by atoms with Crippen LogP contribution < -0.4 is 5.32 Å². The van der Waals surface area contributed by atoms with E-state index >= 15 is 0 Å². The number of furan rings is 1. The van der Waals surface area contributed by atoms with Crippen LogP contribution in [0.5, 0.6) is 0 Å². The Morgan fingerprint density at radius 2 is 1.95 bits per heavy atom. The van der Waals surface area contributed by atoms with Crippen molar-refractivity contribution in [2.75, 3.05) is 0 Å². The molecule has 0 aliphatic carbocycles. The molecule has 1 N–H and O–H groups in total. The summed E-state index contributed by atoms with van der Waals surface area (Å²) < 4.78 is 11.3. The minimum absolute atomic E-state index is 0.0998. The lowest BCUT2D eigenvalue weighted by Crippen LogP contribution is -2.34. The third-order valence-corrected chi connectivity index (χ3v) is 3.43. The van der Waals surface area contributed by atoms with Crippen molar-refractivity contribution >= 4 is 11.3 Å². The molecule has 104 valence electrons. The summed E-state index contributed by atoms with van der Waals surface area (Å²) in [7, 11) is 0. The summed E-state index contributed by atoms with van der Waals surface area (Å²) in [5.41, 5.74) is 0.0998. The minimum Gasteiger partial charge on any atom is -0.462 e. The fourth-order valence-corrected chi connectivity index (χ4v) is 2.23. The SMILES string of the molecule is CC(C)(C)NCc1ccc(COCc2cccs2)o1. The van der Waals surface area contributed by atoms with Gasteiger partial charge >= 0.3 is 0 Å². The van der Waals surface area contributed by atoms with Gasteiger partial charge in [0.1, 0.15) is 18.1 Å². The standard InChI is InChI=1S/C15H21NO2S/c1-15(2,3)16-9-12-6-7-13(18-12)10-17-11-14-5-4-8-19-14/h4-8,16H,9-11H2,1-3H3. The molecule has 0 amide bonds. The smallest absolute Gasteiger partial charge is 0.129 e. The van der Waals surface area contributed by atoms with Gasteiger partial charge in [-0.15, -0.1) is 11.3 Å². The molecule has 2 aromatic heterocycles. The largest absolute Gasteiger partial charge is 0.462 e. The minimum atomic E-state index is 0.0998. The van der Waals surface area contributed by atoms with Crippen LogP contribution in [0, 0.1) is 0 Å². The number of nitrogens with one attached hydrogen (secondary N) is 1. The first-order chi connectivity index (χ1) is 9.03. The average molecular weight is 279 g/mol. The highest BCUT2D eigenvalue weighted by molar-refractivity contribution is 7.09. The summed E-state index contributed by atoms with van der Waals surface area (Å²) in [4.78, 5) is 1.24. The first kappa shape index (κ1) is 14.3. The molecule has 0 aliphatic heterocycles. The molecule has 0 atom stereocenters. The first-order valence-corrected chi connectivity index (χ1v) is 7.34. The molecular formula is C15H21NO2S. The van der Waals surface area contributed by atoms with Gasteiger partial charge in [0.25, 0.3) is 0 Å². The summed E-state index contributed by atoms with van der Waals surface area (Å²) in [5.74, 6) is 1.83. The van der Waals surface area contributed by atoms with Crippen molar-refractivity contribution < 1.29 is 9.15 Å². The van der Waals surface area contributed by atoms with Gasteiger partial charge in [0.05, 0.1) is 13.2 Å². The normalized spacial score (nSPS) is 11.9. The van der Waals surface area contributed by atoms with E-state index in [9.17, 15) is 0 Å². The van der Waals surface area contributed by atoms with Gasteiger partial charge in [0, 0.05) is 10.4 Å². The highest BCUT2D eigenvalue weighted by atomic mass is 32.1. The van der Waals surface area contributed by atoms with E-state index in [0.29, 0.717) is 13.2 Å². The molecule has 0 unspecified atom stereocenters. The van der Waals surface area contributed by atoms with Gasteiger partial charge < -0.3 is 14.5 Å². The Morgan fingerprint density at radius 1 is 1.16 bits per heavy atom. The molecule has 0 bridgehead atoms. The van der Waals surface area contributed by atoms with Crippen LogP contribution in [0.15, 0.2) is 34.1 Å². The number of ether oxygens (including phenoxy) is 1. The summed E-state index contributed by atoms with van der Waals surface area (Å²) in [6, 6.07) is 8.09. The van der Waals surface area contributed by atoms with Crippen molar-refractivity contribution in [3.8, 4) is 0 Å². The molecule has 2 heterocycles. The third-order valence-electron chi connectivity index (χ3n) is 2.58. The van der Waals surface area contributed by atoms with Gasteiger partial charge in [-0.05, 0) is 44.4 Å². The predicted molar refractivity (Wildman–Crippen MR) is 78.1 cm³/mol. The van der Waals surface area contributed by atoms with E-state index in [-0.39, 0.29) is 5.54 Å². The van der Waals surface area contributed by atoms with Gasteiger partial charge in [-0.1, -0.05) is 6.07 Å². The Hall–Kier alpha value is -1.10. The zero-order chi connectivity index (χ0) is 13.7.